The fraction of sp³-hybridized carbons (Fsp3) is 0.389. The summed E-state index contributed by atoms with van der Waals surface area (Å²) in [7, 11) is 3.51. The lowest BCUT2D eigenvalue weighted by atomic mass is 9.90. The van der Waals surface area contributed by atoms with Crippen LogP contribution >= 0.6 is 0 Å². The van der Waals surface area contributed by atoms with E-state index in [1.165, 1.54) is 10.5 Å². The molecule has 6 nitrogen and oxygen atoms in total. The molecule has 1 aliphatic heterocycles. The molecule has 0 bridgehead atoms. The second kappa shape index (κ2) is 5.78. The molecule has 2 aromatic rings. The molecular formula is C18H23N5O. The monoisotopic (exact) mass is 325 g/mol. The van der Waals surface area contributed by atoms with E-state index < -0.39 is 5.54 Å². The zero-order chi connectivity index (χ0) is 17.5. The Morgan fingerprint density at radius 3 is 2.75 bits per heavy atom. The molecule has 1 atom stereocenters. The molecule has 126 valence electrons. The maximum atomic E-state index is 12.1. The number of nitrogens with one attached hydrogen (secondary N) is 2. The third-order valence-corrected chi connectivity index (χ3v) is 4.68. The highest BCUT2D eigenvalue weighted by molar-refractivity contribution is 5.98. The normalized spacial score (nSPS) is 21.1. The van der Waals surface area contributed by atoms with Gasteiger partial charge >= 0.3 is 0 Å². The van der Waals surface area contributed by atoms with Gasteiger partial charge in [-0.1, -0.05) is 25.1 Å². The Balaban J connectivity index is 1.99. The smallest absolute Gasteiger partial charge is 0.231 e. The number of hydrogen-bond donors (Lipinski definition) is 2. The SMILES string of the molecule is CCc1cccc(-c2cc(C3(C)CC(=O)N(C)C(=N)N3)nn2C)c1. The van der Waals surface area contributed by atoms with E-state index in [-0.39, 0.29) is 18.3 Å². The van der Waals surface area contributed by atoms with Gasteiger partial charge in [0.1, 0.15) is 0 Å². The minimum absolute atomic E-state index is 0.0820. The standard InChI is InChI=1S/C18H23N5O/c1-5-12-7-6-8-13(9-12)14-10-15(21-23(14)4)18(2)11-16(24)22(3)17(19)20-18/h6-10H,5,11H2,1-4H3,(H2,19,20). The maximum absolute atomic E-state index is 12.1. The fourth-order valence-corrected chi connectivity index (χ4v) is 3.05. The molecule has 24 heavy (non-hydrogen) atoms. The minimum Gasteiger partial charge on any atom is -0.345 e. The lowest BCUT2D eigenvalue weighted by Crippen LogP contribution is -2.58. The number of carbonyl (C=O) groups is 1. The van der Waals surface area contributed by atoms with Gasteiger partial charge in [0.15, 0.2) is 5.96 Å². The van der Waals surface area contributed by atoms with Gasteiger partial charge in [-0.05, 0) is 31.0 Å². The summed E-state index contributed by atoms with van der Waals surface area (Å²) in [5.41, 5.74) is 3.48. The average molecular weight is 325 g/mol. The van der Waals surface area contributed by atoms with Crippen molar-refractivity contribution in [1.82, 2.24) is 20.0 Å². The van der Waals surface area contributed by atoms with Crippen LogP contribution in [0.3, 0.4) is 0 Å². The van der Waals surface area contributed by atoms with Crippen molar-refractivity contribution < 1.29 is 4.79 Å². The zero-order valence-electron chi connectivity index (χ0n) is 14.6. The van der Waals surface area contributed by atoms with Crippen molar-refractivity contribution in [1.29, 1.82) is 5.41 Å². The van der Waals surface area contributed by atoms with E-state index in [1.807, 2.05) is 24.7 Å². The van der Waals surface area contributed by atoms with Gasteiger partial charge in [-0.3, -0.25) is 19.8 Å². The molecule has 1 amide bonds. The van der Waals surface area contributed by atoms with Crippen molar-refractivity contribution in [3.05, 3.63) is 41.6 Å². The molecule has 0 aliphatic carbocycles. The highest BCUT2D eigenvalue weighted by Gasteiger charge is 2.40. The van der Waals surface area contributed by atoms with Crippen LogP contribution in [0, 0.1) is 5.41 Å². The van der Waals surface area contributed by atoms with E-state index >= 15 is 0 Å². The quantitative estimate of drug-likeness (QED) is 0.909. The Kier molecular flexibility index (Phi) is 3.91. The number of hydrogen-bond acceptors (Lipinski definition) is 3. The highest BCUT2D eigenvalue weighted by Crippen LogP contribution is 2.31. The molecule has 1 saturated heterocycles. The summed E-state index contributed by atoms with van der Waals surface area (Å²) < 4.78 is 1.84. The molecule has 0 radical (unpaired) electrons. The number of amides is 1. The van der Waals surface area contributed by atoms with Gasteiger partial charge in [-0.15, -0.1) is 0 Å². The van der Waals surface area contributed by atoms with Crippen molar-refractivity contribution in [3.63, 3.8) is 0 Å². The van der Waals surface area contributed by atoms with Gasteiger partial charge in [0, 0.05) is 19.7 Å². The second-order valence-corrected chi connectivity index (χ2v) is 6.53. The average Bonchev–Trinajstić information content (AvgIpc) is 2.95. The zero-order valence-corrected chi connectivity index (χ0v) is 14.6. The third kappa shape index (κ3) is 2.68. The number of benzene rings is 1. The molecule has 1 fully saturated rings. The first-order valence-corrected chi connectivity index (χ1v) is 8.11. The van der Waals surface area contributed by atoms with Crippen LogP contribution in [0.2, 0.25) is 0 Å². The van der Waals surface area contributed by atoms with Crippen LogP contribution in [-0.2, 0) is 23.8 Å². The van der Waals surface area contributed by atoms with Gasteiger partial charge < -0.3 is 5.32 Å². The second-order valence-electron chi connectivity index (χ2n) is 6.53. The van der Waals surface area contributed by atoms with Gasteiger partial charge in [0.05, 0.1) is 23.3 Å². The summed E-state index contributed by atoms with van der Waals surface area (Å²) in [4.78, 5) is 13.5. The van der Waals surface area contributed by atoms with Gasteiger partial charge in [0.2, 0.25) is 5.91 Å². The van der Waals surface area contributed by atoms with E-state index in [9.17, 15) is 4.79 Å². The van der Waals surface area contributed by atoms with Gasteiger partial charge in [0.25, 0.3) is 0 Å². The van der Waals surface area contributed by atoms with Crippen molar-refractivity contribution in [3.8, 4) is 11.3 Å². The summed E-state index contributed by atoms with van der Waals surface area (Å²) in [6.07, 6.45) is 1.26. The first kappa shape index (κ1) is 16.2. The van der Waals surface area contributed by atoms with E-state index in [0.717, 1.165) is 23.4 Å². The first-order valence-electron chi connectivity index (χ1n) is 8.11. The molecule has 1 unspecified atom stereocenters. The molecule has 3 rings (SSSR count). The molecule has 6 heteroatoms. The van der Waals surface area contributed by atoms with Crippen LogP contribution in [0.1, 0.15) is 31.5 Å². The summed E-state index contributed by atoms with van der Waals surface area (Å²) in [5, 5.41) is 15.7. The number of guanidine groups is 1. The molecule has 0 spiro atoms. The summed E-state index contributed by atoms with van der Waals surface area (Å²) >= 11 is 0. The van der Waals surface area contributed by atoms with Crippen molar-refractivity contribution in [2.75, 3.05) is 7.05 Å². The summed E-state index contributed by atoms with van der Waals surface area (Å²) in [6.45, 7) is 4.05. The highest BCUT2D eigenvalue weighted by atomic mass is 16.2. The van der Waals surface area contributed by atoms with E-state index in [0.29, 0.717) is 0 Å². The summed E-state index contributed by atoms with van der Waals surface area (Å²) in [5.74, 6) is 0.0235. The Bertz CT molecular complexity index is 789. The third-order valence-electron chi connectivity index (χ3n) is 4.68. The maximum Gasteiger partial charge on any atom is 0.231 e. The fourth-order valence-electron chi connectivity index (χ4n) is 3.05. The number of nitrogens with zero attached hydrogens (tertiary/aromatic N) is 3. The number of aromatic nitrogens is 2. The predicted molar refractivity (Wildman–Crippen MR) is 93.6 cm³/mol. The molecule has 1 aliphatic rings. The first-order chi connectivity index (χ1) is 11.3. The topological polar surface area (TPSA) is 74.0 Å². The predicted octanol–water partition coefficient (Wildman–Crippen LogP) is 2.25. The van der Waals surface area contributed by atoms with Crippen LogP contribution in [0.5, 0.6) is 0 Å². The van der Waals surface area contributed by atoms with E-state index in [2.05, 4.69) is 41.6 Å². The van der Waals surface area contributed by atoms with Crippen LogP contribution in [-0.4, -0.2) is 33.6 Å². The lowest BCUT2D eigenvalue weighted by Gasteiger charge is -2.38. The van der Waals surface area contributed by atoms with Crippen LogP contribution < -0.4 is 5.32 Å². The van der Waals surface area contributed by atoms with E-state index in [1.54, 1.807) is 7.05 Å². The molecule has 1 aromatic carbocycles. The summed E-state index contributed by atoms with van der Waals surface area (Å²) in [6, 6.07) is 10.4. The van der Waals surface area contributed by atoms with Gasteiger partial charge in [-0.25, -0.2) is 0 Å². The molecular weight excluding hydrogens is 302 g/mol. The molecule has 0 saturated carbocycles. The lowest BCUT2D eigenvalue weighted by molar-refractivity contribution is -0.129. The van der Waals surface area contributed by atoms with Crippen LogP contribution in [0.4, 0.5) is 0 Å². The minimum atomic E-state index is -0.668. The molecule has 1 aromatic heterocycles. The number of rotatable bonds is 3. The Hall–Kier alpha value is -2.63. The molecule has 2 N–H and O–H groups in total. The Morgan fingerprint density at radius 2 is 2.08 bits per heavy atom. The Morgan fingerprint density at radius 1 is 1.33 bits per heavy atom. The number of carbonyl (C=O) groups excluding carboxylic acids is 1. The number of aryl methyl sites for hydroxylation is 2. The largest absolute Gasteiger partial charge is 0.345 e. The van der Waals surface area contributed by atoms with Crippen LogP contribution in [0.25, 0.3) is 11.3 Å². The molecule has 2 heterocycles. The Labute approximate surface area is 142 Å². The van der Waals surface area contributed by atoms with Crippen molar-refractivity contribution >= 4 is 11.9 Å². The van der Waals surface area contributed by atoms with Crippen molar-refractivity contribution in [2.24, 2.45) is 7.05 Å². The van der Waals surface area contributed by atoms with E-state index in [4.69, 9.17) is 5.41 Å². The van der Waals surface area contributed by atoms with Crippen molar-refractivity contribution in [2.45, 2.75) is 32.2 Å². The van der Waals surface area contributed by atoms with Gasteiger partial charge in [-0.2, -0.15) is 5.10 Å². The van der Waals surface area contributed by atoms with Crippen LogP contribution in [0.15, 0.2) is 30.3 Å².